The Bertz CT molecular complexity index is 430. The van der Waals surface area contributed by atoms with Crippen LogP contribution in [-0.4, -0.2) is 36.3 Å². The number of anilines is 1. The lowest BCUT2D eigenvalue weighted by Gasteiger charge is -2.25. The summed E-state index contributed by atoms with van der Waals surface area (Å²) >= 11 is 5.01. The van der Waals surface area contributed by atoms with Gasteiger partial charge in [0.05, 0.1) is 12.6 Å². The number of rotatable bonds is 3. The zero-order chi connectivity index (χ0) is 12.4. The van der Waals surface area contributed by atoms with E-state index in [1.807, 2.05) is 26.1 Å². The van der Waals surface area contributed by atoms with Gasteiger partial charge in [-0.2, -0.15) is 0 Å². The lowest BCUT2D eigenvalue weighted by atomic mass is 10.2. The van der Waals surface area contributed by atoms with E-state index < -0.39 is 0 Å². The van der Waals surface area contributed by atoms with Crippen molar-refractivity contribution in [2.24, 2.45) is 5.73 Å². The molecule has 2 rings (SSSR count). The van der Waals surface area contributed by atoms with Gasteiger partial charge in [0.25, 0.3) is 0 Å². The van der Waals surface area contributed by atoms with Gasteiger partial charge in [0.1, 0.15) is 10.8 Å². The van der Waals surface area contributed by atoms with Crippen LogP contribution in [0.5, 0.6) is 0 Å². The van der Waals surface area contributed by atoms with E-state index in [1.165, 1.54) is 0 Å². The van der Waals surface area contributed by atoms with Gasteiger partial charge in [-0.05, 0) is 25.5 Å². The standard InChI is InChI=1S/C12H17N3OS/c1-8-5-9(12(13)17)6-11(14-8)15(2)10-3-4-16-7-10/h5-6,10H,3-4,7H2,1-2H3,(H2,13,17). The van der Waals surface area contributed by atoms with Crippen LogP contribution in [0.3, 0.4) is 0 Å². The molecule has 1 aromatic rings. The molecule has 0 spiro atoms. The van der Waals surface area contributed by atoms with Gasteiger partial charge >= 0.3 is 0 Å². The first kappa shape index (κ1) is 12.3. The average molecular weight is 251 g/mol. The number of hydrogen-bond acceptors (Lipinski definition) is 4. The summed E-state index contributed by atoms with van der Waals surface area (Å²) in [5.74, 6) is 0.906. The second-order valence-corrected chi connectivity index (χ2v) is 4.79. The Morgan fingerprint density at radius 3 is 2.94 bits per heavy atom. The minimum atomic E-state index is 0.392. The van der Waals surface area contributed by atoms with Crippen LogP contribution < -0.4 is 10.6 Å². The monoisotopic (exact) mass is 251 g/mol. The molecule has 2 heterocycles. The van der Waals surface area contributed by atoms with Gasteiger partial charge in [-0.1, -0.05) is 12.2 Å². The summed E-state index contributed by atoms with van der Waals surface area (Å²) in [6, 6.07) is 4.24. The molecule has 4 nitrogen and oxygen atoms in total. The molecular weight excluding hydrogens is 234 g/mol. The number of aryl methyl sites for hydroxylation is 1. The predicted octanol–water partition coefficient (Wildman–Crippen LogP) is 1.25. The number of nitrogens with zero attached hydrogens (tertiary/aromatic N) is 2. The molecule has 1 aromatic heterocycles. The Hall–Kier alpha value is -1.20. The molecule has 0 radical (unpaired) electrons. The van der Waals surface area contributed by atoms with Crippen molar-refractivity contribution in [3.8, 4) is 0 Å². The zero-order valence-electron chi connectivity index (χ0n) is 10.1. The topological polar surface area (TPSA) is 51.4 Å². The summed E-state index contributed by atoms with van der Waals surface area (Å²) in [7, 11) is 2.03. The Kier molecular flexibility index (Phi) is 3.59. The van der Waals surface area contributed by atoms with Crippen LogP contribution in [-0.2, 0) is 4.74 Å². The molecule has 1 unspecified atom stereocenters. The van der Waals surface area contributed by atoms with E-state index in [4.69, 9.17) is 22.7 Å². The molecule has 92 valence electrons. The number of nitrogens with two attached hydrogens (primary N) is 1. The maximum Gasteiger partial charge on any atom is 0.129 e. The zero-order valence-corrected chi connectivity index (χ0v) is 11.0. The summed E-state index contributed by atoms with van der Waals surface area (Å²) in [6.45, 7) is 3.53. The number of hydrogen-bond donors (Lipinski definition) is 1. The number of ether oxygens (including phenoxy) is 1. The molecule has 0 amide bonds. The molecule has 1 aliphatic rings. The highest BCUT2D eigenvalue weighted by Gasteiger charge is 2.21. The quantitative estimate of drug-likeness (QED) is 0.819. The van der Waals surface area contributed by atoms with E-state index in [0.29, 0.717) is 11.0 Å². The first-order valence-electron chi connectivity index (χ1n) is 5.67. The fourth-order valence-electron chi connectivity index (χ4n) is 1.99. The summed E-state index contributed by atoms with van der Waals surface area (Å²) in [6.07, 6.45) is 1.04. The van der Waals surface area contributed by atoms with Crippen molar-refractivity contribution in [2.45, 2.75) is 19.4 Å². The van der Waals surface area contributed by atoms with Crippen LogP contribution in [0.25, 0.3) is 0 Å². The lowest BCUT2D eigenvalue weighted by Crippen LogP contribution is -2.32. The van der Waals surface area contributed by atoms with E-state index in [9.17, 15) is 0 Å². The van der Waals surface area contributed by atoms with E-state index in [2.05, 4.69) is 9.88 Å². The lowest BCUT2D eigenvalue weighted by molar-refractivity contribution is 0.193. The van der Waals surface area contributed by atoms with Gasteiger partial charge in [-0.3, -0.25) is 0 Å². The van der Waals surface area contributed by atoms with Crippen molar-refractivity contribution >= 4 is 23.0 Å². The minimum Gasteiger partial charge on any atom is -0.389 e. The second-order valence-electron chi connectivity index (χ2n) is 4.35. The Morgan fingerprint density at radius 1 is 1.59 bits per heavy atom. The van der Waals surface area contributed by atoms with E-state index >= 15 is 0 Å². The predicted molar refractivity (Wildman–Crippen MR) is 72.5 cm³/mol. The highest BCUT2D eigenvalue weighted by molar-refractivity contribution is 7.80. The maximum absolute atomic E-state index is 5.67. The van der Waals surface area contributed by atoms with Crippen molar-refractivity contribution in [3.63, 3.8) is 0 Å². The highest BCUT2D eigenvalue weighted by atomic mass is 32.1. The van der Waals surface area contributed by atoms with E-state index in [0.717, 1.165) is 36.7 Å². The number of aromatic nitrogens is 1. The third kappa shape index (κ3) is 2.73. The fourth-order valence-corrected chi connectivity index (χ4v) is 2.11. The fraction of sp³-hybridized carbons (Fsp3) is 0.500. The third-order valence-electron chi connectivity index (χ3n) is 3.04. The Morgan fingerprint density at radius 2 is 2.35 bits per heavy atom. The normalized spacial score (nSPS) is 19.3. The summed E-state index contributed by atoms with van der Waals surface area (Å²) in [5.41, 5.74) is 7.46. The highest BCUT2D eigenvalue weighted by Crippen LogP contribution is 2.20. The van der Waals surface area contributed by atoms with Gasteiger partial charge in [0.2, 0.25) is 0 Å². The van der Waals surface area contributed by atoms with E-state index in [-0.39, 0.29) is 0 Å². The molecule has 5 heteroatoms. The van der Waals surface area contributed by atoms with Gasteiger partial charge in [0, 0.05) is 24.9 Å². The molecule has 0 aromatic carbocycles. The van der Waals surface area contributed by atoms with Gasteiger partial charge in [-0.15, -0.1) is 0 Å². The second kappa shape index (κ2) is 4.98. The Balaban J connectivity index is 2.27. The summed E-state index contributed by atoms with van der Waals surface area (Å²) in [4.78, 5) is 7.07. The first-order chi connectivity index (χ1) is 8.08. The molecule has 2 N–H and O–H groups in total. The maximum atomic E-state index is 5.67. The number of pyridine rings is 1. The van der Waals surface area contributed by atoms with Crippen molar-refractivity contribution in [1.82, 2.24) is 4.98 Å². The molecule has 1 fully saturated rings. The van der Waals surface area contributed by atoms with Gasteiger partial charge in [0.15, 0.2) is 0 Å². The van der Waals surface area contributed by atoms with Crippen molar-refractivity contribution in [1.29, 1.82) is 0 Å². The van der Waals surface area contributed by atoms with Gasteiger partial charge < -0.3 is 15.4 Å². The largest absolute Gasteiger partial charge is 0.389 e. The molecule has 1 aliphatic heterocycles. The van der Waals surface area contributed by atoms with Crippen LogP contribution in [0, 0.1) is 6.92 Å². The smallest absolute Gasteiger partial charge is 0.129 e. The molecule has 1 atom stereocenters. The van der Waals surface area contributed by atoms with Crippen molar-refractivity contribution in [3.05, 3.63) is 23.4 Å². The number of thiocarbonyl (C=S) groups is 1. The van der Waals surface area contributed by atoms with Crippen molar-refractivity contribution in [2.75, 3.05) is 25.2 Å². The van der Waals surface area contributed by atoms with Crippen LogP contribution in [0.2, 0.25) is 0 Å². The average Bonchev–Trinajstić information content (AvgIpc) is 2.80. The molecule has 17 heavy (non-hydrogen) atoms. The molecule has 0 bridgehead atoms. The first-order valence-corrected chi connectivity index (χ1v) is 6.08. The SMILES string of the molecule is Cc1cc(C(N)=S)cc(N(C)C2CCOC2)n1. The molecular formula is C12H17N3OS. The number of likely N-dealkylation sites (N-methyl/N-ethyl adjacent to an activating group) is 1. The van der Waals surface area contributed by atoms with Crippen LogP contribution in [0.4, 0.5) is 5.82 Å². The molecule has 0 aliphatic carbocycles. The summed E-state index contributed by atoms with van der Waals surface area (Å²) < 4.78 is 5.39. The van der Waals surface area contributed by atoms with Crippen LogP contribution >= 0.6 is 12.2 Å². The van der Waals surface area contributed by atoms with E-state index in [1.54, 1.807) is 0 Å². The molecule has 1 saturated heterocycles. The third-order valence-corrected chi connectivity index (χ3v) is 3.27. The van der Waals surface area contributed by atoms with Crippen LogP contribution in [0.15, 0.2) is 12.1 Å². The van der Waals surface area contributed by atoms with Crippen molar-refractivity contribution < 1.29 is 4.74 Å². The van der Waals surface area contributed by atoms with Gasteiger partial charge in [-0.25, -0.2) is 4.98 Å². The minimum absolute atomic E-state index is 0.392. The van der Waals surface area contributed by atoms with Crippen LogP contribution in [0.1, 0.15) is 17.7 Å². The molecule has 0 saturated carbocycles. The Labute approximate surface area is 107 Å². The summed E-state index contributed by atoms with van der Waals surface area (Å²) in [5, 5.41) is 0.